The van der Waals surface area contributed by atoms with Crippen molar-refractivity contribution in [2.75, 3.05) is 27.3 Å². The zero-order valence-electron chi connectivity index (χ0n) is 10.8. The maximum Gasteiger partial charge on any atom is 0.160 e. The van der Waals surface area contributed by atoms with E-state index in [1.807, 2.05) is 12.1 Å². The van der Waals surface area contributed by atoms with Crippen LogP contribution >= 0.6 is 0 Å². The van der Waals surface area contributed by atoms with Crippen LogP contribution in [-0.2, 0) is 6.42 Å². The molecule has 0 aromatic heterocycles. The Morgan fingerprint density at radius 3 is 2.53 bits per heavy atom. The Bertz CT molecular complexity index is 342. The topological polar surface area (TPSA) is 56.5 Å². The molecule has 0 aliphatic carbocycles. The van der Waals surface area contributed by atoms with E-state index in [2.05, 4.69) is 18.3 Å². The van der Waals surface area contributed by atoms with E-state index >= 15 is 0 Å². The molecule has 0 amide bonds. The highest BCUT2D eigenvalue weighted by molar-refractivity contribution is 5.42. The van der Waals surface area contributed by atoms with Crippen molar-refractivity contribution in [3.63, 3.8) is 0 Å². The second kappa shape index (κ2) is 7.14. The van der Waals surface area contributed by atoms with E-state index < -0.39 is 0 Å². The lowest BCUT2D eigenvalue weighted by atomic mass is 10.1. The molecular formula is C13H22N2O2. The predicted octanol–water partition coefficient (Wildman–Crippen LogP) is 1.18. The molecular weight excluding hydrogens is 216 g/mol. The molecule has 0 unspecified atom stereocenters. The lowest BCUT2D eigenvalue weighted by molar-refractivity contribution is 0.354. The van der Waals surface area contributed by atoms with Crippen LogP contribution in [0.3, 0.4) is 0 Å². The quantitative estimate of drug-likeness (QED) is 0.749. The van der Waals surface area contributed by atoms with E-state index in [1.54, 1.807) is 14.2 Å². The highest BCUT2D eigenvalue weighted by atomic mass is 16.5. The van der Waals surface area contributed by atoms with Gasteiger partial charge in [0, 0.05) is 12.6 Å². The smallest absolute Gasteiger partial charge is 0.160 e. The Kier molecular flexibility index (Phi) is 5.80. The van der Waals surface area contributed by atoms with Gasteiger partial charge in [0.05, 0.1) is 14.2 Å². The Morgan fingerprint density at radius 1 is 1.24 bits per heavy atom. The molecule has 0 saturated carbocycles. The molecule has 3 N–H and O–H groups in total. The van der Waals surface area contributed by atoms with Crippen molar-refractivity contribution in [3.8, 4) is 11.5 Å². The summed E-state index contributed by atoms with van der Waals surface area (Å²) in [5, 5.41) is 3.35. The molecule has 1 rings (SSSR count). The molecule has 0 aliphatic heterocycles. The Hall–Kier alpha value is -1.26. The van der Waals surface area contributed by atoms with Gasteiger partial charge in [0.1, 0.15) is 0 Å². The van der Waals surface area contributed by atoms with E-state index in [1.165, 1.54) is 5.56 Å². The molecule has 96 valence electrons. The number of hydrogen-bond donors (Lipinski definition) is 2. The summed E-state index contributed by atoms with van der Waals surface area (Å²) in [4.78, 5) is 0. The fourth-order valence-corrected chi connectivity index (χ4v) is 1.58. The Balaban J connectivity index is 2.54. The largest absolute Gasteiger partial charge is 0.493 e. The molecule has 17 heavy (non-hydrogen) atoms. The molecule has 0 aliphatic rings. The van der Waals surface area contributed by atoms with E-state index in [-0.39, 0.29) is 0 Å². The maximum absolute atomic E-state index is 5.54. The molecule has 4 heteroatoms. The van der Waals surface area contributed by atoms with Gasteiger partial charge >= 0.3 is 0 Å². The monoisotopic (exact) mass is 238 g/mol. The summed E-state index contributed by atoms with van der Waals surface area (Å²) >= 11 is 0. The Labute approximate surface area is 103 Å². The van der Waals surface area contributed by atoms with Crippen molar-refractivity contribution >= 4 is 0 Å². The van der Waals surface area contributed by atoms with Crippen LogP contribution in [0.4, 0.5) is 0 Å². The van der Waals surface area contributed by atoms with Gasteiger partial charge in [-0.2, -0.15) is 0 Å². The van der Waals surface area contributed by atoms with Crippen LogP contribution in [-0.4, -0.2) is 33.4 Å². The lowest BCUT2D eigenvalue weighted by Crippen LogP contribution is -2.34. The van der Waals surface area contributed by atoms with Crippen LogP contribution in [0.1, 0.15) is 12.5 Å². The van der Waals surface area contributed by atoms with Gasteiger partial charge in [0.2, 0.25) is 0 Å². The first kappa shape index (κ1) is 13.8. The van der Waals surface area contributed by atoms with Gasteiger partial charge < -0.3 is 20.5 Å². The van der Waals surface area contributed by atoms with Crippen molar-refractivity contribution in [2.45, 2.75) is 19.4 Å². The number of hydrogen-bond acceptors (Lipinski definition) is 4. The number of nitrogens with two attached hydrogens (primary N) is 1. The van der Waals surface area contributed by atoms with E-state index in [4.69, 9.17) is 15.2 Å². The summed E-state index contributed by atoms with van der Waals surface area (Å²) < 4.78 is 10.5. The van der Waals surface area contributed by atoms with Crippen LogP contribution in [0.2, 0.25) is 0 Å². The minimum Gasteiger partial charge on any atom is -0.493 e. The molecule has 1 aromatic carbocycles. The van der Waals surface area contributed by atoms with Gasteiger partial charge in [0.25, 0.3) is 0 Å². The number of ether oxygens (including phenoxy) is 2. The van der Waals surface area contributed by atoms with E-state index in [0.717, 1.165) is 24.5 Å². The molecule has 0 heterocycles. The Morgan fingerprint density at radius 2 is 1.94 bits per heavy atom. The average molecular weight is 238 g/mol. The predicted molar refractivity (Wildman–Crippen MR) is 69.8 cm³/mol. The van der Waals surface area contributed by atoms with Crippen molar-refractivity contribution in [1.82, 2.24) is 5.32 Å². The number of rotatable bonds is 7. The zero-order chi connectivity index (χ0) is 12.7. The highest BCUT2D eigenvalue weighted by Gasteiger charge is 2.04. The fourth-order valence-electron chi connectivity index (χ4n) is 1.58. The van der Waals surface area contributed by atoms with Crippen molar-refractivity contribution in [3.05, 3.63) is 23.8 Å². The molecule has 0 fully saturated rings. The average Bonchev–Trinajstić information content (AvgIpc) is 2.38. The van der Waals surface area contributed by atoms with Crippen molar-refractivity contribution in [1.29, 1.82) is 0 Å². The minimum absolute atomic E-state index is 0.357. The van der Waals surface area contributed by atoms with Crippen molar-refractivity contribution < 1.29 is 9.47 Å². The first-order valence-electron chi connectivity index (χ1n) is 5.85. The third-order valence-electron chi connectivity index (χ3n) is 2.71. The third kappa shape index (κ3) is 4.24. The molecule has 1 aromatic rings. The summed E-state index contributed by atoms with van der Waals surface area (Å²) in [6, 6.07) is 6.35. The van der Waals surface area contributed by atoms with Gasteiger partial charge in [-0.25, -0.2) is 0 Å². The molecule has 1 atom stereocenters. The highest BCUT2D eigenvalue weighted by Crippen LogP contribution is 2.27. The normalized spacial score (nSPS) is 12.2. The van der Waals surface area contributed by atoms with Crippen LogP contribution in [0.25, 0.3) is 0 Å². The molecule has 0 bridgehead atoms. The van der Waals surface area contributed by atoms with E-state index in [9.17, 15) is 0 Å². The van der Waals surface area contributed by atoms with Crippen molar-refractivity contribution in [2.24, 2.45) is 5.73 Å². The lowest BCUT2D eigenvalue weighted by Gasteiger charge is -2.12. The van der Waals surface area contributed by atoms with Crippen LogP contribution in [0, 0.1) is 0 Å². The maximum atomic E-state index is 5.54. The first-order valence-corrected chi connectivity index (χ1v) is 5.85. The number of nitrogens with one attached hydrogen (secondary N) is 1. The second-order valence-corrected chi connectivity index (χ2v) is 4.03. The van der Waals surface area contributed by atoms with Gasteiger partial charge in [-0.3, -0.25) is 0 Å². The summed E-state index contributed by atoms with van der Waals surface area (Å²) in [6.07, 6.45) is 0.949. The number of benzene rings is 1. The molecule has 4 nitrogen and oxygen atoms in total. The summed E-state index contributed by atoms with van der Waals surface area (Å²) in [5.74, 6) is 1.54. The van der Waals surface area contributed by atoms with Gasteiger partial charge in [0.15, 0.2) is 11.5 Å². The van der Waals surface area contributed by atoms with Crippen LogP contribution in [0.5, 0.6) is 11.5 Å². The molecule has 0 radical (unpaired) electrons. The first-order chi connectivity index (χ1) is 8.21. The van der Waals surface area contributed by atoms with Gasteiger partial charge in [-0.15, -0.1) is 0 Å². The standard InChI is InChI=1S/C13H22N2O2/c1-10(9-14)15-7-6-11-4-5-12(16-2)13(8-11)17-3/h4-5,8,10,15H,6-7,9,14H2,1-3H3/t10-/m1/s1. The fraction of sp³-hybridized carbons (Fsp3) is 0.538. The SMILES string of the molecule is COc1ccc(CCN[C@H](C)CN)cc1OC. The summed E-state index contributed by atoms with van der Waals surface area (Å²) in [7, 11) is 3.29. The molecule has 0 spiro atoms. The van der Waals surface area contributed by atoms with Gasteiger partial charge in [-0.1, -0.05) is 6.07 Å². The minimum atomic E-state index is 0.357. The second-order valence-electron chi connectivity index (χ2n) is 4.03. The number of methoxy groups -OCH3 is 2. The van der Waals surface area contributed by atoms with Gasteiger partial charge in [-0.05, 0) is 37.6 Å². The third-order valence-corrected chi connectivity index (χ3v) is 2.71. The zero-order valence-corrected chi connectivity index (χ0v) is 10.8. The molecule has 0 saturated heterocycles. The summed E-state index contributed by atoms with van der Waals surface area (Å²) in [5.41, 5.74) is 6.76. The van der Waals surface area contributed by atoms with Crippen LogP contribution < -0.4 is 20.5 Å². The van der Waals surface area contributed by atoms with Crippen LogP contribution in [0.15, 0.2) is 18.2 Å². The van der Waals surface area contributed by atoms with E-state index in [0.29, 0.717) is 12.6 Å². The summed E-state index contributed by atoms with van der Waals surface area (Å²) in [6.45, 7) is 3.65.